The molecule has 0 aromatic heterocycles. The molecule has 7 nitrogen and oxygen atoms in total. The number of ether oxygens (including phenoxy) is 1. The molecule has 2 N–H and O–H groups in total. The molecule has 0 amide bonds. The second-order valence-corrected chi connectivity index (χ2v) is 5.89. The Hall–Kier alpha value is -2.60. The number of carboxylic acid groups (broad SMARTS) is 1. The first-order valence-electron chi connectivity index (χ1n) is 6.73. The van der Waals surface area contributed by atoms with Gasteiger partial charge in [0.15, 0.2) is 0 Å². The minimum absolute atomic E-state index is 0.114. The molecular weight excluding hydrogens is 416 g/mol. The molecule has 128 valence electrons. The molecule has 0 aliphatic carbocycles. The van der Waals surface area contributed by atoms with E-state index in [4.69, 9.17) is 26.7 Å². The van der Waals surface area contributed by atoms with Crippen molar-refractivity contribution in [3.63, 3.8) is 0 Å². The third-order valence-corrected chi connectivity index (χ3v) is 3.76. The van der Waals surface area contributed by atoms with Gasteiger partial charge in [0.2, 0.25) is 0 Å². The standard InChI is InChI=1S/C16H10BrClN2O5/c17-13-3-2-11(6-12(13)16(23)25-20-8-15(21)22)24-14-4-1-10(18)5-9(14)7-19/h1-6,20H,8H2,(H,21,22). The lowest BCUT2D eigenvalue weighted by molar-refractivity contribution is -0.137. The smallest absolute Gasteiger partial charge is 0.358 e. The predicted molar refractivity (Wildman–Crippen MR) is 91.4 cm³/mol. The van der Waals surface area contributed by atoms with Crippen LogP contribution in [0.25, 0.3) is 0 Å². The maximum absolute atomic E-state index is 12.0. The summed E-state index contributed by atoms with van der Waals surface area (Å²) in [6, 6.07) is 11.1. The Morgan fingerprint density at radius 3 is 2.72 bits per heavy atom. The maximum Gasteiger partial charge on any atom is 0.358 e. The number of halogens is 2. The molecule has 0 heterocycles. The summed E-state index contributed by atoms with van der Waals surface area (Å²) in [5.74, 6) is -1.41. The van der Waals surface area contributed by atoms with Gasteiger partial charge >= 0.3 is 11.9 Å². The topological polar surface area (TPSA) is 109 Å². The van der Waals surface area contributed by atoms with E-state index in [0.29, 0.717) is 9.50 Å². The first-order chi connectivity index (χ1) is 11.9. The summed E-state index contributed by atoms with van der Waals surface area (Å²) in [5, 5.41) is 18.0. The molecule has 0 aliphatic heterocycles. The van der Waals surface area contributed by atoms with Gasteiger partial charge in [-0.2, -0.15) is 5.26 Å². The Kier molecular flexibility index (Phi) is 6.36. The van der Waals surface area contributed by atoms with Crippen LogP contribution in [-0.4, -0.2) is 23.6 Å². The van der Waals surface area contributed by atoms with Gasteiger partial charge in [0.05, 0.1) is 11.1 Å². The normalized spacial score (nSPS) is 9.96. The van der Waals surface area contributed by atoms with Gasteiger partial charge < -0.3 is 14.7 Å². The van der Waals surface area contributed by atoms with E-state index in [1.165, 1.54) is 18.2 Å². The van der Waals surface area contributed by atoms with Gasteiger partial charge in [0.1, 0.15) is 24.1 Å². The zero-order valence-electron chi connectivity index (χ0n) is 12.5. The molecule has 0 fully saturated rings. The summed E-state index contributed by atoms with van der Waals surface area (Å²) in [6.45, 7) is -0.532. The highest BCUT2D eigenvalue weighted by molar-refractivity contribution is 9.10. The van der Waals surface area contributed by atoms with Crippen LogP contribution in [0.3, 0.4) is 0 Å². The molecule has 2 aromatic carbocycles. The molecule has 0 unspecified atom stereocenters. The average Bonchev–Trinajstić information content (AvgIpc) is 2.57. The number of nitriles is 1. The van der Waals surface area contributed by atoms with Crippen LogP contribution in [0.15, 0.2) is 40.9 Å². The van der Waals surface area contributed by atoms with E-state index in [-0.39, 0.29) is 22.6 Å². The van der Waals surface area contributed by atoms with E-state index in [9.17, 15) is 9.59 Å². The van der Waals surface area contributed by atoms with Crippen LogP contribution in [-0.2, 0) is 9.63 Å². The SMILES string of the molecule is N#Cc1cc(Cl)ccc1Oc1ccc(Br)c(C(=O)ONCC(=O)O)c1. The first kappa shape index (κ1) is 18.7. The molecule has 2 aromatic rings. The zero-order valence-corrected chi connectivity index (χ0v) is 14.8. The molecule has 25 heavy (non-hydrogen) atoms. The lowest BCUT2D eigenvalue weighted by atomic mass is 10.2. The molecule has 9 heteroatoms. The summed E-state index contributed by atoms with van der Waals surface area (Å²) < 4.78 is 6.05. The summed E-state index contributed by atoms with van der Waals surface area (Å²) in [4.78, 5) is 27.1. The fourth-order valence-electron chi connectivity index (χ4n) is 1.75. The van der Waals surface area contributed by atoms with Gasteiger partial charge in [0, 0.05) is 9.50 Å². The quantitative estimate of drug-likeness (QED) is 0.682. The Morgan fingerprint density at radius 2 is 2.04 bits per heavy atom. The molecule has 0 atom stereocenters. The number of hydrogen-bond donors (Lipinski definition) is 2. The monoisotopic (exact) mass is 424 g/mol. The van der Waals surface area contributed by atoms with E-state index in [2.05, 4.69) is 20.8 Å². The summed E-state index contributed by atoms with van der Waals surface area (Å²) in [7, 11) is 0. The van der Waals surface area contributed by atoms with Crippen molar-refractivity contribution in [3.05, 3.63) is 57.0 Å². The number of hydroxylamine groups is 1. The van der Waals surface area contributed by atoms with Gasteiger partial charge in [-0.3, -0.25) is 4.79 Å². The van der Waals surface area contributed by atoms with E-state index in [0.717, 1.165) is 0 Å². The number of carboxylic acids is 1. The van der Waals surface area contributed by atoms with Gasteiger partial charge in [-0.15, -0.1) is 5.48 Å². The summed E-state index contributed by atoms with van der Waals surface area (Å²) in [5.41, 5.74) is 2.39. The van der Waals surface area contributed by atoms with Crippen molar-refractivity contribution in [1.82, 2.24) is 5.48 Å². The van der Waals surface area contributed by atoms with Crippen LogP contribution in [0.1, 0.15) is 15.9 Å². The average molecular weight is 426 g/mol. The number of rotatable bonds is 6. The van der Waals surface area contributed by atoms with Gasteiger partial charge in [-0.05, 0) is 52.3 Å². The highest BCUT2D eigenvalue weighted by Gasteiger charge is 2.15. The Bertz CT molecular complexity index is 866. The van der Waals surface area contributed by atoms with Crippen LogP contribution in [0, 0.1) is 11.3 Å². The first-order valence-corrected chi connectivity index (χ1v) is 7.90. The van der Waals surface area contributed by atoms with Crippen LogP contribution in [0.5, 0.6) is 11.5 Å². The highest BCUT2D eigenvalue weighted by Crippen LogP contribution is 2.30. The fourth-order valence-corrected chi connectivity index (χ4v) is 2.33. The largest absolute Gasteiger partial charge is 0.480 e. The van der Waals surface area contributed by atoms with Crippen LogP contribution in [0.4, 0.5) is 0 Å². The third-order valence-electron chi connectivity index (χ3n) is 2.84. The molecule has 0 saturated carbocycles. The van der Waals surface area contributed by atoms with Crippen molar-refractivity contribution in [2.75, 3.05) is 6.54 Å². The number of carbonyl (C=O) groups is 2. The molecule has 0 bridgehead atoms. The Labute approximate surface area is 155 Å². The zero-order chi connectivity index (χ0) is 18.4. The number of carbonyl (C=O) groups excluding carboxylic acids is 1. The number of nitrogens with zero attached hydrogens (tertiary/aromatic N) is 1. The van der Waals surface area contributed by atoms with Crippen molar-refractivity contribution < 1.29 is 24.3 Å². The molecule has 0 radical (unpaired) electrons. The number of benzene rings is 2. The molecule has 0 aliphatic rings. The lowest BCUT2D eigenvalue weighted by Crippen LogP contribution is -2.26. The van der Waals surface area contributed by atoms with Crippen molar-refractivity contribution in [1.29, 1.82) is 5.26 Å². The van der Waals surface area contributed by atoms with Crippen LogP contribution < -0.4 is 10.2 Å². The molecular formula is C16H10BrClN2O5. The predicted octanol–water partition coefficient (Wildman–Crippen LogP) is 3.51. The molecule has 2 rings (SSSR count). The minimum atomic E-state index is -1.17. The molecule has 0 saturated heterocycles. The van der Waals surface area contributed by atoms with Crippen molar-refractivity contribution >= 4 is 39.5 Å². The third kappa shape index (κ3) is 5.19. The Morgan fingerprint density at radius 1 is 1.28 bits per heavy atom. The lowest BCUT2D eigenvalue weighted by Gasteiger charge is -2.10. The van der Waals surface area contributed by atoms with E-state index >= 15 is 0 Å². The van der Waals surface area contributed by atoms with Crippen molar-refractivity contribution in [3.8, 4) is 17.6 Å². The van der Waals surface area contributed by atoms with E-state index in [1.54, 1.807) is 18.2 Å². The summed E-state index contributed by atoms with van der Waals surface area (Å²) >= 11 is 9.04. The van der Waals surface area contributed by atoms with Crippen molar-refractivity contribution in [2.45, 2.75) is 0 Å². The van der Waals surface area contributed by atoms with E-state index in [1.807, 2.05) is 11.5 Å². The van der Waals surface area contributed by atoms with E-state index < -0.39 is 18.5 Å². The number of aliphatic carboxylic acids is 1. The number of hydrogen-bond acceptors (Lipinski definition) is 6. The maximum atomic E-state index is 12.0. The summed E-state index contributed by atoms with van der Waals surface area (Å²) in [6.07, 6.45) is 0. The number of nitrogens with one attached hydrogen (secondary N) is 1. The second-order valence-electron chi connectivity index (χ2n) is 4.60. The Balaban J connectivity index is 2.20. The highest BCUT2D eigenvalue weighted by atomic mass is 79.9. The van der Waals surface area contributed by atoms with Gasteiger partial charge in [-0.25, -0.2) is 4.79 Å². The van der Waals surface area contributed by atoms with Crippen LogP contribution >= 0.6 is 27.5 Å². The van der Waals surface area contributed by atoms with Crippen molar-refractivity contribution in [2.24, 2.45) is 0 Å². The van der Waals surface area contributed by atoms with Gasteiger partial charge in [0.25, 0.3) is 0 Å². The minimum Gasteiger partial charge on any atom is -0.480 e. The molecule has 0 spiro atoms. The second kappa shape index (κ2) is 8.48. The van der Waals surface area contributed by atoms with Gasteiger partial charge in [-0.1, -0.05) is 11.6 Å². The van der Waals surface area contributed by atoms with Crippen LogP contribution in [0.2, 0.25) is 5.02 Å². The fraction of sp³-hybridized carbons (Fsp3) is 0.0625.